The molecule has 0 amide bonds. The van der Waals surface area contributed by atoms with Gasteiger partial charge < -0.3 is 9.72 Å². The number of benzene rings is 1. The number of hydrogen-bond acceptors (Lipinski definition) is 4. The average Bonchev–Trinajstić information content (AvgIpc) is 3.06. The summed E-state index contributed by atoms with van der Waals surface area (Å²) in [5.74, 6) is 1.03. The summed E-state index contributed by atoms with van der Waals surface area (Å²) < 4.78 is 5.28. The minimum atomic E-state index is 0.327. The summed E-state index contributed by atoms with van der Waals surface area (Å²) in [6.45, 7) is 3.13. The highest BCUT2D eigenvalue weighted by Gasteiger charge is 2.08. The topological polar surface area (TPSA) is 74.6 Å². The highest BCUT2D eigenvalue weighted by atomic mass is 35.5. The first-order valence-corrected chi connectivity index (χ1v) is 8.59. The number of imidazole rings is 1. The molecule has 0 aliphatic carbocycles. The van der Waals surface area contributed by atoms with E-state index in [0.717, 1.165) is 28.5 Å². The summed E-state index contributed by atoms with van der Waals surface area (Å²) in [6, 6.07) is 7.48. The third-order valence-corrected chi connectivity index (χ3v) is 4.28. The molecule has 1 N–H and O–H groups in total. The van der Waals surface area contributed by atoms with E-state index in [0.29, 0.717) is 23.4 Å². The van der Waals surface area contributed by atoms with Gasteiger partial charge in [0.25, 0.3) is 0 Å². The first kappa shape index (κ1) is 16.7. The molecule has 3 aromatic rings. The zero-order chi connectivity index (χ0) is 16.9. The zero-order valence-corrected chi connectivity index (χ0v) is 14.3. The summed E-state index contributed by atoms with van der Waals surface area (Å²) >= 11 is 5.74. The largest absolute Gasteiger partial charge is 0.379 e. The minimum Gasteiger partial charge on any atom is -0.379 e. The van der Waals surface area contributed by atoms with E-state index in [1.807, 2.05) is 6.07 Å². The van der Waals surface area contributed by atoms with E-state index in [2.05, 4.69) is 27.9 Å². The Morgan fingerprint density at radius 1 is 1.42 bits per heavy atom. The van der Waals surface area contributed by atoms with Crippen LogP contribution in [0, 0.1) is 11.3 Å². The van der Waals surface area contributed by atoms with E-state index in [1.165, 1.54) is 19.3 Å². The molecule has 5 nitrogen and oxygen atoms in total. The van der Waals surface area contributed by atoms with Gasteiger partial charge >= 0.3 is 0 Å². The van der Waals surface area contributed by atoms with Crippen molar-refractivity contribution in [3.8, 4) is 6.07 Å². The lowest BCUT2D eigenvalue weighted by molar-refractivity contribution is 0.0285. The number of hydrogen-bond donors (Lipinski definition) is 1. The van der Waals surface area contributed by atoms with Crippen molar-refractivity contribution >= 4 is 33.5 Å². The van der Waals surface area contributed by atoms with Gasteiger partial charge in [-0.1, -0.05) is 0 Å². The molecule has 0 bridgehead atoms. The van der Waals surface area contributed by atoms with Gasteiger partial charge in [0.1, 0.15) is 5.82 Å². The fourth-order valence-corrected chi connectivity index (χ4v) is 2.87. The van der Waals surface area contributed by atoms with E-state index in [1.54, 1.807) is 18.3 Å². The Balaban J connectivity index is 0.000000203. The first-order valence-electron chi connectivity index (χ1n) is 8.06. The molecule has 0 spiro atoms. The summed E-state index contributed by atoms with van der Waals surface area (Å²) in [7, 11) is 0. The molecule has 1 aromatic carbocycles. The maximum absolute atomic E-state index is 8.90. The van der Waals surface area contributed by atoms with Gasteiger partial charge in [0.15, 0.2) is 0 Å². The van der Waals surface area contributed by atoms with Crippen LogP contribution in [-0.4, -0.2) is 27.7 Å². The predicted molar refractivity (Wildman–Crippen MR) is 94.9 cm³/mol. The number of nitrogens with one attached hydrogen (secondary N) is 1. The van der Waals surface area contributed by atoms with Crippen LogP contribution in [0.3, 0.4) is 0 Å². The molecule has 2 aromatic heterocycles. The van der Waals surface area contributed by atoms with Gasteiger partial charge in [0.05, 0.1) is 46.4 Å². The van der Waals surface area contributed by atoms with E-state index < -0.39 is 0 Å². The van der Waals surface area contributed by atoms with Crippen LogP contribution in [0.25, 0.3) is 21.9 Å². The molecule has 4 rings (SSSR count). The number of nitriles is 1. The summed E-state index contributed by atoms with van der Waals surface area (Å²) in [6.07, 6.45) is 6.16. The zero-order valence-electron chi connectivity index (χ0n) is 13.6. The second-order valence-corrected chi connectivity index (χ2v) is 6.13. The average molecular weight is 343 g/mol. The van der Waals surface area contributed by atoms with Crippen LogP contribution >= 0.6 is 11.6 Å². The van der Waals surface area contributed by atoms with E-state index >= 15 is 0 Å². The molecule has 1 fully saturated rings. The Kier molecular flexibility index (Phi) is 5.29. The molecule has 0 radical (unpaired) electrons. The maximum atomic E-state index is 8.90. The molecule has 124 valence electrons. The van der Waals surface area contributed by atoms with Crippen molar-refractivity contribution in [1.29, 1.82) is 5.26 Å². The highest BCUT2D eigenvalue weighted by molar-refractivity contribution is 6.17. The Morgan fingerprint density at radius 3 is 2.92 bits per heavy atom. The van der Waals surface area contributed by atoms with Crippen LogP contribution < -0.4 is 0 Å². The van der Waals surface area contributed by atoms with Gasteiger partial charge in [-0.25, -0.2) is 4.98 Å². The Hall–Kier alpha value is -2.16. The number of pyridine rings is 1. The van der Waals surface area contributed by atoms with Crippen molar-refractivity contribution in [2.24, 2.45) is 0 Å². The molecule has 6 heteroatoms. The van der Waals surface area contributed by atoms with Crippen molar-refractivity contribution in [2.75, 3.05) is 6.61 Å². The minimum absolute atomic E-state index is 0.327. The normalized spacial score (nSPS) is 17.3. The maximum Gasteiger partial charge on any atom is 0.122 e. The number of ether oxygens (including phenoxy) is 1. The smallest absolute Gasteiger partial charge is 0.122 e. The van der Waals surface area contributed by atoms with Gasteiger partial charge in [-0.3, -0.25) is 4.98 Å². The number of nitrogens with zero attached hydrogens (tertiary/aromatic N) is 3. The lowest BCUT2D eigenvalue weighted by atomic mass is 10.1. The molecule has 0 saturated carbocycles. The van der Waals surface area contributed by atoms with Crippen LogP contribution in [0.2, 0.25) is 0 Å². The summed E-state index contributed by atoms with van der Waals surface area (Å²) in [4.78, 5) is 11.8. The van der Waals surface area contributed by atoms with E-state index in [-0.39, 0.29) is 0 Å². The number of aromatic nitrogens is 3. The van der Waals surface area contributed by atoms with Crippen molar-refractivity contribution in [2.45, 2.75) is 38.2 Å². The number of rotatable bonds is 1. The molecule has 1 saturated heterocycles. The second-order valence-electron chi connectivity index (χ2n) is 5.86. The molecule has 1 aliphatic heterocycles. The first-order chi connectivity index (χ1) is 11.7. The van der Waals surface area contributed by atoms with Crippen LogP contribution in [0.4, 0.5) is 0 Å². The van der Waals surface area contributed by atoms with Gasteiger partial charge in [0, 0.05) is 12.0 Å². The van der Waals surface area contributed by atoms with Gasteiger partial charge in [-0.05, 0) is 44.4 Å². The second kappa shape index (κ2) is 7.61. The Labute approximate surface area is 145 Å². The highest BCUT2D eigenvalue weighted by Crippen LogP contribution is 2.23. The molecule has 24 heavy (non-hydrogen) atoms. The van der Waals surface area contributed by atoms with E-state index in [9.17, 15) is 0 Å². The number of halogens is 1. The fourth-order valence-electron chi connectivity index (χ4n) is 2.74. The lowest BCUT2D eigenvalue weighted by Crippen LogP contribution is -2.14. The number of H-pyrrole nitrogens is 1. The molecule has 1 atom stereocenters. The molecule has 0 unspecified atom stereocenters. The van der Waals surface area contributed by atoms with Crippen molar-refractivity contribution in [3.05, 3.63) is 35.8 Å². The van der Waals surface area contributed by atoms with Crippen LogP contribution in [0.1, 0.15) is 37.6 Å². The van der Waals surface area contributed by atoms with Crippen LogP contribution in [-0.2, 0) is 10.6 Å². The van der Waals surface area contributed by atoms with E-state index in [4.69, 9.17) is 21.6 Å². The van der Waals surface area contributed by atoms with Crippen molar-refractivity contribution in [1.82, 2.24) is 15.0 Å². The number of fused-ring (bicyclic) bond motifs is 3. The van der Waals surface area contributed by atoms with Crippen molar-refractivity contribution in [3.63, 3.8) is 0 Å². The van der Waals surface area contributed by atoms with Gasteiger partial charge in [-0.2, -0.15) is 5.26 Å². The summed E-state index contributed by atoms with van der Waals surface area (Å²) in [5, 5.41) is 9.77. The van der Waals surface area contributed by atoms with Crippen molar-refractivity contribution < 1.29 is 4.74 Å². The number of aromatic amines is 1. The third kappa shape index (κ3) is 3.66. The predicted octanol–water partition coefficient (Wildman–Crippen LogP) is 4.30. The molecular formula is C18H19ClN4O. The standard InChI is InChI=1S/C12H7ClN4.C6H12O/c13-4-11-16-10-6-15-9-2-1-7(5-14)3-8(9)12(10)17-11;1-6-4-2-3-5-7-6/h1-3,6H,4H2,(H,16,17);6H,2-5H2,1H3/t;6-/m.1/s1. The van der Waals surface area contributed by atoms with Crippen LogP contribution in [0.5, 0.6) is 0 Å². The lowest BCUT2D eigenvalue weighted by Gasteiger charge is -2.17. The number of alkyl halides is 1. The monoisotopic (exact) mass is 342 g/mol. The third-order valence-electron chi connectivity index (χ3n) is 4.03. The van der Waals surface area contributed by atoms with Crippen LogP contribution in [0.15, 0.2) is 24.4 Å². The molecule has 1 aliphatic rings. The Bertz CT molecular complexity index is 878. The summed E-state index contributed by atoms with van der Waals surface area (Å²) in [5.41, 5.74) is 3.07. The Morgan fingerprint density at radius 2 is 2.29 bits per heavy atom. The molecule has 3 heterocycles. The quantitative estimate of drug-likeness (QED) is 0.669. The van der Waals surface area contributed by atoms with Gasteiger partial charge in [0.2, 0.25) is 0 Å². The van der Waals surface area contributed by atoms with Gasteiger partial charge in [-0.15, -0.1) is 11.6 Å². The fraction of sp³-hybridized carbons (Fsp3) is 0.389. The SMILES string of the molecule is C[C@@H]1CCCCO1.N#Cc1ccc2ncc3[nH]c(CCl)nc3c2c1. The molecular weight excluding hydrogens is 324 g/mol.